The molecule has 0 radical (unpaired) electrons. The zero-order chi connectivity index (χ0) is 18.6. The van der Waals surface area contributed by atoms with Crippen LogP contribution in [-0.2, 0) is 0 Å². The Hall–Kier alpha value is -1.55. The van der Waals surface area contributed by atoms with E-state index < -0.39 is 0 Å². The van der Waals surface area contributed by atoms with E-state index in [-0.39, 0.29) is 0 Å². The van der Waals surface area contributed by atoms with E-state index in [0.717, 1.165) is 44.0 Å². The second kappa shape index (κ2) is 8.64. The van der Waals surface area contributed by atoms with Gasteiger partial charge in [-0.1, -0.05) is 35.9 Å². The van der Waals surface area contributed by atoms with Crippen LogP contribution in [-0.4, -0.2) is 48.8 Å². The molecule has 4 heteroatoms. The second-order valence-corrected chi connectivity index (χ2v) is 8.37. The van der Waals surface area contributed by atoms with Gasteiger partial charge in [0.05, 0.1) is 0 Å². The molecule has 2 aromatic carbocycles. The number of rotatable bonds is 4. The van der Waals surface area contributed by atoms with Crippen molar-refractivity contribution in [2.75, 3.05) is 37.7 Å². The Morgan fingerprint density at radius 1 is 0.852 bits per heavy atom. The van der Waals surface area contributed by atoms with E-state index in [9.17, 15) is 5.11 Å². The van der Waals surface area contributed by atoms with Gasteiger partial charge in [0.15, 0.2) is 0 Å². The zero-order valence-corrected chi connectivity index (χ0v) is 16.6. The van der Waals surface area contributed by atoms with Crippen molar-refractivity contribution in [2.24, 2.45) is 5.92 Å². The van der Waals surface area contributed by atoms with Crippen LogP contribution in [0.1, 0.15) is 25.7 Å². The first-order valence-corrected chi connectivity index (χ1v) is 10.6. The fourth-order valence-electron chi connectivity index (χ4n) is 4.51. The summed E-state index contributed by atoms with van der Waals surface area (Å²) in [6, 6.07) is 17.6. The summed E-state index contributed by atoms with van der Waals surface area (Å²) < 4.78 is 0. The molecule has 2 aromatic rings. The molecule has 0 amide bonds. The van der Waals surface area contributed by atoms with Gasteiger partial charge in [-0.3, -0.25) is 0 Å². The van der Waals surface area contributed by atoms with Crippen LogP contribution >= 0.6 is 11.6 Å². The van der Waals surface area contributed by atoms with E-state index in [4.69, 9.17) is 11.6 Å². The third-order valence-corrected chi connectivity index (χ3v) is 6.53. The normalized spacial score (nSPS) is 20.1. The van der Waals surface area contributed by atoms with Crippen LogP contribution in [0.25, 0.3) is 11.1 Å². The highest BCUT2D eigenvalue weighted by atomic mass is 35.5. The highest BCUT2D eigenvalue weighted by Gasteiger charge is 2.28. The number of aliphatic hydroxyl groups excluding tert-OH is 1. The number of aliphatic hydroxyl groups is 1. The van der Waals surface area contributed by atoms with Crippen LogP contribution in [0.3, 0.4) is 0 Å². The third-order valence-electron chi connectivity index (χ3n) is 6.28. The molecule has 0 spiro atoms. The molecular weight excluding hydrogens is 356 g/mol. The first-order valence-electron chi connectivity index (χ1n) is 10.2. The lowest BCUT2D eigenvalue weighted by atomic mass is 9.94. The highest BCUT2D eigenvalue weighted by molar-refractivity contribution is 6.30. The van der Waals surface area contributed by atoms with Crippen molar-refractivity contribution in [3.63, 3.8) is 0 Å². The van der Waals surface area contributed by atoms with Gasteiger partial charge < -0.3 is 14.9 Å². The van der Waals surface area contributed by atoms with Crippen LogP contribution in [0.5, 0.6) is 0 Å². The van der Waals surface area contributed by atoms with Crippen LogP contribution in [0.15, 0.2) is 48.5 Å². The molecule has 0 aliphatic carbocycles. The predicted octanol–water partition coefficient (Wildman–Crippen LogP) is 4.68. The lowest BCUT2D eigenvalue weighted by Gasteiger charge is -2.42. The van der Waals surface area contributed by atoms with Gasteiger partial charge in [-0.2, -0.15) is 0 Å². The van der Waals surface area contributed by atoms with Gasteiger partial charge in [0.1, 0.15) is 0 Å². The van der Waals surface area contributed by atoms with Crippen molar-refractivity contribution in [1.82, 2.24) is 4.90 Å². The average molecular weight is 385 g/mol. The van der Waals surface area contributed by atoms with E-state index in [1.165, 1.54) is 29.7 Å². The topological polar surface area (TPSA) is 26.7 Å². The third kappa shape index (κ3) is 4.48. The summed E-state index contributed by atoms with van der Waals surface area (Å²) in [6.07, 6.45) is 4.77. The Labute approximate surface area is 167 Å². The molecule has 0 unspecified atom stereocenters. The molecule has 27 heavy (non-hydrogen) atoms. The number of piperidine rings is 2. The van der Waals surface area contributed by atoms with Gasteiger partial charge in [-0.05, 0) is 80.1 Å². The van der Waals surface area contributed by atoms with E-state index in [1.807, 2.05) is 12.1 Å². The fraction of sp³-hybridized carbons (Fsp3) is 0.478. The van der Waals surface area contributed by atoms with Gasteiger partial charge in [-0.15, -0.1) is 0 Å². The van der Waals surface area contributed by atoms with Crippen molar-refractivity contribution in [1.29, 1.82) is 0 Å². The van der Waals surface area contributed by atoms with Gasteiger partial charge in [0.2, 0.25) is 0 Å². The monoisotopic (exact) mass is 384 g/mol. The molecule has 2 fully saturated rings. The van der Waals surface area contributed by atoms with Crippen LogP contribution in [0, 0.1) is 5.92 Å². The number of nitrogens with zero attached hydrogens (tertiary/aromatic N) is 2. The lowest BCUT2D eigenvalue weighted by molar-refractivity contribution is 0.0896. The number of benzene rings is 2. The molecule has 0 aromatic heterocycles. The minimum Gasteiger partial charge on any atom is -0.396 e. The van der Waals surface area contributed by atoms with E-state index in [1.54, 1.807) is 0 Å². The summed E-state index contributed by atoms with van der Waals surface area (Å²) in [6.45, 7) is 4.91. The minimum absolute atomic E-state index is 0.357. The summed E-state index contributed by atoms with van der Waals surface area (Å²) in [4.78, 5) is 5.18. The summed E-state index contributed by atoms with van der Waals surface area (Å²) in [7, 11) is 0. The van der Waals surface area contributed by atoms with Crippen molar-refractivity contribution in [3.05, 3.63) is 53.6 Å². The van der Waals surface area contributed by atoms with Gasteiger partial charge in [0.25, 0.3) is 0 Å². The molecule has 3 nitrogen and oxygen atoms in total. The standard InChI is InChI=1S/C23H29ClN2O/c24-21-6-4-19(5-7-21)20-2-1-3-23(16-20)26-14-10-22(11-15-26)25-12-8-18(17-27)9-13-25/h1-7,16,18,22,27H,8-15,17H2. The van der Waals surface area contributed by atoms with E-state index in [2.05, 4.69) is 46.2 Å². The Balaban J connectivity index is 1.37. The van der Waals surface area contributed by atoms with Crippen molar-refractivity contribution >= 4 is 17.3 Å². The number of halogens is 1. The Morgan fingerprint density at radius 3 is 2.22 bits per heavy atom. The summed E-state index contributed by atoms with van der Waals surface area (Å²) in [5.41, 5.74) is 3.78. The van der Waals surface area contributed by atoms with E-state index in [0.29, 0.717) is 18.6 Å². The molecule has 2 aliphatic rings. The first kappa shape index (κ1) is 18.8. The molecule has 0 saturated carbocycles. The molecule has 144 valence electrons. The largest absolute Gasteiger partial charge is 0.396 e. The smallest absolute Gasteiger partial charge is 0.0460 e. The highest BCUT2D eigenvalue weighted by Crippen LogP contribution is 2.29. The molecule has 0 bridgehead atoms. The maximum absolute atomic E-state index is 9.33. The SMILES string of the molecule is OCC1CCN(C2CCN(c3cccc(-c4ccc(Cl)cc4)c3)CC2)CC1. The quantitative estimate of drug-likeness (QED) is 0.829. The molecular formula is C23H29ClN2O. The summed E-state index contributed by atoms with van der Waals surface area (Å²) >= 11 is 6.02. The average Bonchev–Trinajstić information content (AvgIpc) is 2.75. The van der Waals surface area contributed by atoms with Crippen molar-refractivity contribution in [3.8, 4) is 11.1 Å². The Bertz CT molecular complexity index is 732. The van der Waals surface area contributed by atoms with E-state index >= 15 is 0 Å². The molecule has 2 aliphatic heterocycles. The molecule has 2 heterocycles. The van der Waals surface area contributed by atoms with Crippen LogP contribution in [0.2, 0.25) is 5.02 Å². The van der Waals surface area contributed by atoms with Crippen LogP contribution < -0.4 is 4.90 Å². The molecule has 1 N–H and O–H groups in total. The zero-order valence-electron chi connectivity index (χ0n) is 15.9. The van der Waals surface area contributed by atoms with Gasteiger partial charge >= 0.3 is 0 Å². The Kier molecular flexibility index (Phi) is 6.01. The van der Waals surface area contributed by atoms with Crippen molar-refractivity contribution < 1.29 is 5.11 Å². The molecule has 0 atom stereocenters. The number of hydrogen-bond donors (Lipinski definition) is 1. The van der Waals surface area contributed by atoms with Crippen molar-refractivity contribution in [2.45, 2.75) is 31.7 Å². The number of anilines is 1. The van der Waals surface area contributed by atoms with Gasteiger partial charge in [0, 0.05) is 36.4 Å². The lowest BCUT2D eigenvalue weighted by Crippen LogP contribution is -2.48. The second-order valence-electron chi connectivity index (χ2n) is 7.94. The summed E-state index contributed by atoms with van der Waals surface area (Å²) in [5, 5.41) is 10.1. The molecule has 2 saturated heterocycles. The van der Waals surface area contributed by atoms with Crippen LogP contribution in [0.4, 0.5) is 5.69 Å². The predicted molar refractivity (Wildman–Crippen MR) is 114 cm³/mol. The maximum Gasteiger partial charge on any atom is 0.0460 e. The van der Waals surface area contributed by atoms with Gasteiger partial charge in [-0.25, -0.2) is 0 Å². The molecule has 4 rings (SSSR count). The number of likely N-dealkylation sites (tertiary alicyclic amines) is 1. The summed E-state index contributed by atoms with van der Waals surface area (Å²) in [5.74, 6) is 0.525. The first-order chi connectivity index (χ1) is 13.2. The fourth-order valence-corrected chi connectivity index (χ4v) is 4.64. The minimum atomic E-state index is 0.357. The Morgan fingerprint density at radius 2 is 1.56 bits per heavy atom. The number of hydrogen-bond acceptors (Lipinski definition) is 3. The maximum atomic E-state index is 9.33.